The van der Waals surface area contributed by atoms with E-state index in [1.54, 1.807) is 19.9 Å². The fraction of sp³-hybridized carbons (Fsp3) is 0.500. The molecule has 1 aromatic rings. The van der Waals surface area contributed by atoms with E-state index in [-0.39, 0.29) is 18.9 Å². The molecule has 1 rings (SSSR count). The van der Waals surface area contributed by atoms with E-state index in [0.29, 0.717) is 10.6 Å². The second kappa shape index (κ2) is 5.11. The van der Waals surface area contributed by atoms with E-state index in [9.17, 15) is 8.78 Å². The molecule has 2 N–H and O–H groups in total. The van der Waals surface area contributed by atoms with Crippen LogP contribution < -0.4 is 5.73 Å². The van der Waals surface area contributed by atoms with Gasteiger partial charge in [0.15, 0.2) is 0 Å². The SMILES string of the molecule is CC(C)C(F)(CN)Cc1ccc(Cl)cc1F. The van der Waals surface area contributed by atoms with Crippen molar-refractivity contribution in [3.8, 4) is 0 Å². The van der Waals surface area contributed by atoms with Crippen LogP contribution in [0.1, 0.15) is 19.4 Å². The predicted octanol–water partition coefficient (Wildman–Crippen LogP) is 3.34. The zero-order valence-corrected chi connectivity index (χ0v) is 10.2. The summed E-state index contributed by atoms with van der Waals surface area (Å²) in [6, 6.07) is 4.25. The van der Waals surface area contributed by atoms with Gasteiger partial charge in [-0.25, -0.2) is 8.78 Å². The van der Waals surface area contributed by atoms with Crippen LogP contribution in [-0.2, 0) is 6.42 Å². The Kier molecular flexibility index (Phi) is 4.28. The Morgan fingerprint density at radius 2 is 2.06 bits per heavy atom. The summed E-state index contributed by atoms with van der Waals surface area (Å²) in [4.78, 5) is 0. The molecule has 0 spiro atoms. The van der Waals surface area contributed by atoms with Crippen LogP contribution in [0.5, 0.6) is 0 Å². The molecule has 0 aromatic heterocycles. The fourth-order valence-electron chi connectivity index (χ4n) is 1.49. The third-order valence-corrected chi connectivity index (χ3v) is 3.11. The van der Waals surface area contributed by atoms with Crippen molar-refractivity contribution in [2.75, 3.05) is 6.54 Å². The minimum absolute atomic E-state index is 0.0236. The first-order chi connectivity index (χ1) is 7.39. The lowest BCUT2D eigenvalue weighted by Gasteiger charge is -2.28. The lowest BCUT2D eigenvalue weighted by atomic mass is 9.86. The molecular formula is C12H16ClF2N. The van der Waals surface area contributed by atoms with Gasteiger partial charge in [0.25, 0.3) is 0 Å². The van der Waals surface area contributed by atoms with E-state index < -0.39 is 11.5 Å². The first-order valence-electron chi connectivity index (χ1n) is 5.22. The van der Waals surface area contributed by atoms with E-state index in [4.69, 9.17) is 17.3 Å². The molecular weight excluding hydrogens is 232 g/mol. The minimum Gasteiger partial charge on any atom is -0.328 e. The molecule has 16 heavy (non-hydrogen) atoms. The van der Waals surface area contributed by atoms with Crippen LogP contribution in [0, 0.1) is 11.7 Å². The van der Waals surface area contributed by atoms with Gasteiger partial charge in [0.1, 0.15) is 11.5 Å². The Balaban J connectivity index is 2.95. The number of hydrogen-bond acceptors (Lipinski definition) is 1. The van der Waals surface area contributed by atoms with Gasteiger partial charge in [-0.15, -0.1) is 0 Å². The molecule has 0 heterocycles. The molecule has 1 unspecified atom stereocenters. The summed E-state index contributed by atoms with van der Waals surface area (Å²) in [5.41, 5.74) is 4.15. The van der Waals surface area contributed by atoms with Crippen LogP contribution in [0.25, 0.3) is 0 Å². The fourth-order valence-corrected chi connectivity index (χ4v) is 1.65. The molecule has 0 aliphatic heterocycles. The predicted molar refractivity (Wildman–Crippen MR) is 62.8 cm³/mol. The highest BCUT2D eigenvalue weighted by Gasteiger charge is 2.33. The molecule has 0 fully saturated rings. The summed E-state index contributed by atoms with van der Waals surface area (Å²) < 4.78 is 27.8. The number of rotatable bonds is 4. The Bertz CT molecular complexity index is 368. The number of hydrogen-bond donors (Lipinski definition) is 1. The zero-order chi connectivity index (χ0) is 12.3. The van der Waals surface area contributed by atoms with E-state index in [1.165, 1.54) is 12.1 Å². The van der Waals surface area contributed by atoms with Crippen LogP contribution in [0.15, 0.2) is 18.2 Å². The molecule has 0 bridgehead atoms. The largest absolute Gasteiger partial charge is 0.328 e. The molecule has 0 saturated heterocycles. The van der Waals surface area contributed by atoms with Crippen molar-refractivity contribution in [1.29, 1.82) is 0 Å². The van der Waals surface area contributed by atoms with Gasteiger partial charge in [-0.05, 0) is 23.6 Å². The molecule has 0 amide bonds. The van der Waals surface area contributed by atoms with Crippen LogP contribution in [0.2, 0.25) is 5.02 Å². The van der Waals surface area contributed by atoms with Crippen LogP contribution in [-0.4, -0.2) is 12.2 Å². The third-order valence-electron chi connectivity index (χ3n) is 2.87. The maximum Gasteiger partial charge on any atom is 0.129 e. The van der Waals surface area contributed by atoms with Crippen molar-refractivity contribution in [2.45, 2.75) is 25.9 Å². The van der Waals surface area contributed by atoms with E-state index >= 15 is 0 Å². The molecule has 1 aromatic carbocycles. The summed E-state index contributed by atoms with van der Waals surface area (Å²) in [6.45, 7) is 3.36. The smallest absolute Gasteiger partial charge is 0.129 e. The average molecular weight is 248 g/mol. The Labute approximate surface area is 99.6 Å². The standard InChI is InChI=1S/C12H16ClF2N/c1-8(2)12(15,7-16)6-9-3-4-10(13)5-11(9)14/h3-5,8H,6-7,16H2,1-2H3. The van der Waals surface area contributed by atoms with Gasteiger partial charge >= 0.3 is 0 Å². The third kappa shape index (κ3) is 2.92. The average Bonchev–Trinajstić information content (AvgIpc) is 2.22. The maximum atomic E-state index is 14.3. The molecule has 4 heteroatoms. The number of halogens is 3. The highest BCUT2D eigenvalue weighted by molar-refractivity contribution is 6.30. The van der Waals surface area contributed by atoms with Gasteiger partial charge in [0.2, 0.25) is 0 Å². The first-order valence-corrected chi connectivity index (χ1v) is 5.60. The first kappa shape index (κ1) is 13.4. The summed E-state index contributed by atoms with van der Waals surface area (Å²) in [6.07, 6.45) is -0.0236. The monoisotopic (exact) mass is 247 g/mol. The molecule has 1 atom stereocenters. The van der Waals surface area contributed by atoms with Crippen molar-refractivity contribution >= 4 is 11.6 Å². The number of alkyl halides is 1. The molecule has 1 nitrogen and oxygen atoms in total. The molecule has 0 saturated carbocycles. The quantitative estimate of drug-likeness (QED) is 0.868. The topological polar surface area (TPSA) is 26.0 Å². The highest BCUT2D eigenvalue weighted by atomic mass is 35.5. The lowest BCUT2D eigenvalue weighted by molar-refractivity contribution is 0.109. The van der Waals surface area contributed by atoms with Crippen molar-refractivity contribution in [2.24, 2.45) is 11.7 Å². The van der Waals surface area contributed by atoms with Gasteiger partial charge in [0, 0.05) is 18.0 Å². The summed E-state index contributed by atoms with van der Waals surface area (Å²) in [5.74, 6) is -0.740. The second-order valence-corrected chi connectivity index (χ2v) is 4.74. The molecule has 0 radical (unpaired) electrons. The van der Waals surface area contributed by atoms with E-state index in [2.05, 4.69) is 0 Å². The highest BCUT2D eigenvalue weighted by Crippen LogP contribution is 2.27. The van der Waals surface area contributed by atoms with Crippen LogP contribution >= 0.6 is 11.6 Å². The number of benzene rings is 1. The number of nitrogens with two attached hydrogens (primary N) is 1. The van der Waals surface area contributed by atoms with E-state index in [0.717, 1.165) is 0 Å². The van der Waals surface area contributed by atoms with Crippen molar-refractivity contribution < 1.29 is 8.78 Å². The summed E-state index contributed by atoms with van der Waals surface area (Å²) in [5, 5.41) is 0.308. The van der Waals surface area contributed by atoms with Gasteiger partial charge in [-0.3, -0.25) is 0 Å². The Morgan fingerprint density at radius 3 is 2.50 bits per heavy atom. The lowest BCUT2D eigenvalue weighted by Crippen LogP contribution is -2.40. The Hall–Kier alpha value is -0.670. The summed E-state index contributed by atoms with van der Waals surface area (Å²) in [7, 11) is 0. The van der Waals surface area contributed by atoms with Gasteiger partial charge < -0.3 is 5.73 Å². The van der Waals surface area contributed by atoms with Crippen LogP contribution in [0.3, 0.4) is 0 Å². The van der Waals surface area contributed by atoms with Gasteiger partial charge in [-0.2, -0.15) is 0 Å². The summed E-state index contributed by atoms with van der Waals surface area (Å²) >= 11 is 5.63. The Morgan fingerprint density at radius 1 is 1.44 bits per heavy atom. The van der Waals surface area contributed by atoms with Crippen molar-refractivity contribution in [1.82, 2.24) is 0 Å². The van der Waals surface area contributed by atoms with Crippen molar-refractivity contribution in [3.63, 3.8) is 0 Å². The van der Waals surface area contributed by atoms with Crippen molar-refractivity contribution in [3.05, 3.63) is 34.6 Å². The normalized spacial score (nSPS) is 15.2. The minimum atomic E-state index is -1.57. The van der Waals surface area contributed by atoms with Gasteiger partial charge in [0.05, 0.1) is 0 Å². The van der Waals surface area contributed by atoms with Crippen LogP contribution in [0.4, 0.5) is 8.78 Å². The van der Waals surface area contributed by atoms with Gasteiger partial charge in [-0.1, -0.05) is 31.5 Å². The zero-order valence-electron chi connectivity index (χ0n) is 9.43. The molecule has 0 aliphatic rings. The second-order valence-electron chi connectivity index (χ2n) is 4.31. The molecule has 0 aliphatic carbocycles. The maximum absolute atomic E-state index is 14.3. The molecule has 90 valence electrons. The van der Waals surface area contributed by atoms with E-state index in [1.807, 2.05) is 0 Å².